The highest BCUT2D eigenvalue weighted by molar-refractivity contribution is 7.15. The van der Waals surface area contributed by atoms with Gasteiger partial charge in [0.2, 0.25) is 0 Å². The summed E-state index contributed by atoms with van der Waals surface area (Å²) in [4.78, 5) is 6.01. The van der Waals surface area contributed by atoms with Crippen molar-refractivity contribution in [1.82, 2.24) is 10.3 Å². The van der Waals surface area contributed by atoms with Gasteiger partial charge in [-0.05, 0) is 19.9 Å². The van der Waals surface area contributed by atoms with Crippen molar-refractivity contribution >= 4 is 11.3 Å². The lowest BCUT2D eigenvalue weighted by atomic mass is 10.1. The summed E-state index contributed by atoms with van der Waals surface area (Å²) in [6, 6.07) is 16.4. The number of hydrogen-bond acceptors (Lipinski definition) is 5. The van der Waals surface area contributed by atoms with Crippen LogP contribution >= 0.6 is 11.3 Å². The van der Waals surface area contributed by atoms with Gasteiger partial charge in [-0.2, -0.15) is 0 Å². The van der Waals surface area contributed by atoms with Gasteiger partial charge in [0.05, 0.1) is 19.9 Å². The molecule has 1 heterocycles. The quantitative estimate of drug-likeness (QED) is 0.638. The number of nitrogens with one attached hydrogen (secondary N) is 1. The van der Waals surface area contributed by atoms with Crippen LogP contribution in [0.3, 0.4) is 0 Å². The van der Waals surface area contributed by atoms with Gasteiger partial charge in [0.25, 0.3) is 0 Å². The number of thiazole rings is 1. The van der Waals surface area contributed by atoms with Crippen molar-refractivity contribution in [3.63, 3.8) is 0 Å². The molecule has 0 saturated heterocycles. The smallest absolute Gasteiger partial charge is 0.165 e. The molecule has 1 unspecified atom stereocenters. The Morgan fingerprint density at radius 1 is 1.04 bits per heavy atom. The number of benzene rings is 2. The van der Waals surface area contributed by atoms with Crippen molar-refractivity contribution in [2.45, 2.75) is 26.4 Å². The molecule has 3 rings (SSSR count). The van der Waals surface area contributed by atoms with Gasteiger partial charge in [-0.15, -0.1) is 11.3 Å². The van der Waals surface area contributed by atoms with Crippen LogP contribution in [0.4, 0.5) is 0 Å². The van der Waals surface area contributed by atoms with Gasteiger partial charge in [-0.3, -0.25) is 0 Å². The molecule has 0 fully saturated rings. The molecule has 0 aliphatic heterocycles. The maximum absolute atomic E-state index is 5.52. The first-order chi connectivity index (χ1) is 12.6. The molecule has 0 aliphatic rings. The van der Waals surface area contributed by atoms with E-state index in [2.05, 4.69) is 37.4 Å². The Bertz CT molecular complexity index is 862. The molecular weight excluding hydrogens is 344 g/mol. The largest absolute Gasteiger partial charge is 0.493 e. The first kappa shape index (κ1) is 18.4. The van der Waals surface area contributed by atoms with Crippen molar-refractivity contribution in [1.29, 1.82) is 0 Å². The van der Waals surface area contributed by atoms with Gasteiger partial charge in [-0.25, -0.2) is 4.98 Å². The lowest BCUT2D eigenvalue weighted by Gasteiger charge is -2.16. The first-order valence-corrected chi connectivity index (χ1v) is 9.41. The van der Waals surface area contributed by atoms with E-state index in [0.29, 0.717) is 6.54 Å². The number of aryl methyl sites for hydroxylation is 1. The Morgan fingerprint density at radius 2 is 1.81 bits per heavy atom. The highest BCUT2D eigenvalue weighted by Gasteiger charge is 2.16. The summed E-state index contributed by atoms with van der Waals surface area (Å²) in [5.74, 6) is 1.53. The molecule has 136 valence electrons. The van der Waals surface area contributed by atoms with Crippen molar-refractivity contribution < 1.29 is 9.47 Å². The van der Waals surface area contributed by atoms with Crippen LogP contribution in [0.2, 0.25) is 0 Å². The van der Waals surface area contributed by atoms with Gasteiger partial charge in [0, 0.05) is 28.6 Å². The molecule has 0 radical (unpaired) electrons. The molecule has 1 aromatic heterocycles. The van der Waals surface area contributed by atoms with Crippen molar-refractivity contribution in [2.24, 2.45) is 0 Å². The SMILES string of the molecule is COc1cccc(CNC(C)c2sc(-c3ccccc3)nc2C)c1OC. The summed E-state index contributed by atoms with van der Waals surface area (Å²) in [5.41, 5.74) is 3.31. The van der Waals surface area contributed by atoms with Gasteiger partial charge < -0.3 is 14.8 Å². The van der Waals surface area contributed by atoms with E-state index in [1.54, 1.807) is 25.6 Å². The van der Waals surface area contributed by atoms with Crippen molar-refractivity contribution in [2.75, 3.05) is 14.2 Å². The fourth-order valence-electron chi connectivity index (χ4n) is 2.96. The number of aromatic nitrogens is 1. The summed E-state index contributed by atoms with van der Waals surface area (Å²) >= 11 is 1.74. The highest BCUT2D eigenvalue weighted by Crippen LogP contribution is 2.33. The van der Waals surface area contributed by atoms with Gasteiger partial charge in [0.15, 0.2) is 11.5 Å². The van der Waals surface area contributed by atoms with E-state index in [9.17, 15) is 0 Å². The van der Waals surface area contributed by atoms with Crippen LogP contribution in [0.1, 0.15) is 29.1 Å². The van der Waals surface area contributed by atoms with Crippen LogP contribution in [0.5, 0.6) is 11.5 Å². The maximum Gasteiger partial charge on any atom is 0.165 e. The van der Waals surface area contributed by atoms with Crippen LogP contribution in [-0.4, -0.2) is 19.2 Å². The van der Waals surface area contributed by atoms with Crippen LogP contribution in [-0.2, 0) is 6.54 Å². The van der Waals surface area contributed by atoms with Gasteiger partial charge in [-0.1, -0.05) is 42.5 Å². The van der Waals surface area contributed by atoms with E-state index >= 15 is 0 Å². The van der Waals surface area contributed by atoms with E-state index in [4.69, 9.17) is 14.5 Å². The molecule has 5 heteroatoms. The summed E-state index contributed by atoms with van der Waals surface area (Å²) in [6.07, 6.45) is 0. The van der Waals surface area contributed by atoms with Crippen LogP contribution in [0.25, 0.3) is 10.6 Å². The zero-order chi connectivity index (χ0) is 18.5. The second kappa shape index (κ2) is 8.34. The van der Waals surface area contributed by atoms with E-state index in [1.165, 1.54) is 4.88 Å². The fraction of sp³-hybridized carbons (Fsp3) is 0.286. The minimum Gasteiger partial charge on any atom is -0.493 e. The number of para-hydroxylation sites is 1. The second-order valence-corrected chi connectivity index (χ2v) is 7.12. The average Bonchev–Trinajstić information content (AvgIpc) is 3.08. The summed E-state index contributed by atoms with van der Waals surface area (Å²) in [6.45, 7) is 4.93. The number of rotatable bonds is 7. The van der Waals surface area contributed by atoms with Gasteiger partial charge >= 0.3 is 0 Å². The topological polar surface area (TPSA) is 43.4 Å². The summed E-state index contributed by atoms with van der Waals surface area (Å²) in [5, 5.41) is 4.64. The monoisotopic (exact) mass is 368 g/mol. The van der Waals surface area contributed by atoms with E-state index in [-0.39, 0.29) is 6.04 Å². The minimum atomic E-state index is 0.195. The second-order valence-electron chi connectivity index (χ2n) is 6.09. The Kier molecular flexibility index (Phi) is 5.91. The predicted molar refractivity (Wildman–Crippen MR) is 107 cm³/mol. The number of hydrogen-bond donors (Lipinski definition) is 1. The molecule has 1 atom stereocenters. The highest BCUT2D eigenvalue weighted by atomic mass is 32.1. The molecule has 26 heavy (non-hydrogen) atoms. The van der Waals surface area contributed by atoms with Gasteiger partial charge in [0.1, 0.15) is 5.01 Å². The predicted octanol–water partition coefficient (Wildman–Crippen LogP) is 4.99. The van der Waals surface area contributed by atoms with Crippen molar-refractivity contribution in [3.8, 4) is 22.1 Å². The third-order valence-electron chi connectivity index (χ3n) is 4.33. The van der Waals surface area contributed by atoms with E-state index < -0.39 is 0 Å². The fourth-order valence-corrected chi connectivity index (χ4v) is 4.06. The van der Waals surface area contributed by atoms with Crippen LogP contribution in [0, 0.1) is 6.92 Å². The molecule has 0 spiro atoms. The summed E-state index contributed by atoms with van der Waals surface area (Å²) in [7, 11) is 3.33. The molecule has 0 amide bonds. The normalized spacial score (nSPS) is 12.0. The molecule has 1 N–H and O–H groups in total. The molecule has 2 aromatic carbocycles. The van der Waals surface area contributed by atoms with Crippen LogP contribution in [0.15, 0.2) is 48.5 Å². The lowest BCUT2D eigenvalue weighted by molar-refractivity contribution is 0.350. The lowest BCUT2D eigenvalue weighted by Crippen LogP contribution is -2.18. The Morgan fingerprint density at radius 3 is 2.50 bits per heavy atom. The third-order valence-corrected chi connectivity index (χ3v) is 5.72. The Hall–Kier alpha value is -2.37. The zero-order valence-corrected chi connectivity index (χ0v) is 16.4. The number of nitrogens with zero attached hydrogens (tertiary/aromatic N) is 1. The van der Waals surface area contributed by atoms with E-state index in [0.717, 1.165) is 33.3 Å². The molecule has 0 saturated carbocycles. The Balaban J connectivity index is 1.75. The molecule has 0 bridgehead atoms. The third kappa shape index (κ3) is 3.89. The minimum absolute atomic E-state index is 0.195. The standard InChI is InChI=1S/C21H24N2O2S/c1-14(22-13-17-11-8-12-18(24-3)19(17)25-4)20-15(2)23-21(26-20)16-9-6-5-7-10-16/h5-12,14,22H,13H2,1-4H3. The average molecular weight is 369 g/mol. The Labute approximate surface area is 158 Å². The number of methoxy groups -OCH3 is 2. The van der Waals surface area contributed by atoms with E-state index in [1.807, 2.05) is 30.3 Å². The summed E-state index contributed by atoms with van der Waals surface area (Å²) < 4.78 is 10.9. The zero-order valence-electron chi connectivity index (χ0n) is 15.6. The number of ether oxygens (including phenoxy) is 2. The molecule has 0 aliphatic carbocycles. The van der Waals surface area contributed by atoms with Crippen molar-refractivity contribution in [3.05, 3.63) is 64.7 Å². The molecule has 3 aromatic rings. The molecular formula is C21H24N2O2S. The maximum atomic E-state index is 5.52. The first-order valence-electron chi connectivity index (χ1n) is 8.60. The molecule has 4 nitrogen and oxygen atoms in total. The van der Waals surface area contributed by atoms with Crippen LogP contribution < -0.4 is 14.8 Å².